The van der Waals surface area contributed by atoms with E-state index in [-0.39, 0.29) is 5.91 Å². The number of nitrogens with one attached hydrogen (secondary N) is 2. The van der Waals surface area contributed by atoms with E-state index in [2.05, 4.69) is 10.6 Å². The summed E-state index contributed by atoms with van der Waals surface area (Å²) < 4.78 is 13.4. The first kappa shape index (κ1) is 15.4. The van der Waals surface area contributed by atoms with Crippen LogP contribution in [0.5, 0.6) is 0 Å². The maximum atomic E-state index is 13.4. The number of rotatable bonds is 8. The molecule has 0 bridgehead atoms. The normalized spacial score (nSPS) is 14.0. The topological polar surface area (TPSA) is 84.3 Å². The van der Waals surface area contributed by atoms with Gasteiger partial charge in [0.1, 0.15) is 0 Å². The number of halogens is 1. The molecule has 21 heavy (non-hydrogen) atoms. The van der Waals surface area contributed by atoms with Gasteiger partial charge >= 0.3 is 5.69 Å². The van der Waals surface area contributed by atoms with E-state index in [1.807, 2.05) is 0 Å². The minimum Gasteiger partial charge on any atom is -0.353 e. The first-order valence-corrected chi connectivity index (χ1v) is 6.99. The number of amides is 1. The first-order valence-electron chi connectivity index (χ1n) is 6.99. The van der Waals surface area contributed by atoms with Gasteiger partial charge in [-0.25, -0.2) is 0 Å². The number of nitro benzene ring substituents is 1. The van der Waals surface area contributed by atoms with Crippen LogP contribution in [0.3, 0.4) is 0 Å². The molecule has 2 rings (SSSR count). The van der Waals surface area contributed by atoms with Gasteiger partial charge in [0.2, 0.25) is 11.7 Å². The molecule has 0 aliphatic heterocycles. The van der Waals surface area contributed by atoms with Gasteiger partial charge in [-0.2, -0.15) is 4.39 Å². The molecule has 1 saturated carbocycles. The summed E-state index contributed by atoms with van der Waals surface area (Å²) in [5, 5.41) is 16.5. The Balaban J connectivity index is 1.65. The van der Waals surface area contributed by atoms with Crippen LogP contribution < -0.4 is 10.6 Å². The second-order valence-electron chi connectivity index (χ2n) is 5.16. The van der Waals surface area contributed by atoms with Crippen LogP contribution in [-0.4, -0.2) is 23.4 Å². The lowest BCUT2D eigenvalue weighted by Crippen LogP contribution is -2.26. The molecule has 0 atom stereocenters. The van der Waals surface area contributed by atoms with Crippen molar-refractivity contribution in [3.05, 3.63) is 39.7 Å². The number of carbonyl (C=O) groups is 1. The average molecular weight is 295 g/mol. The van der Waals surface area contributed by atoms with E-state index < -0.39 is 16.4 Å². The van der Waals surface area contributed by atoms with Crippen LogP contribution in [0.15, 0.2) is 18.2 Å². The second kappa shape index (κ2) is 7.12. The van der Waals surface area contributed by atoms with Crippen molar-refractivity contribution < 1.29 is 14.1 Å². The first-order chi connectivity index (χ1) is 10.1. The lowest BCUT2D eigenvalue weighted by Gasteiger charge is -2.06. The van der Waals surface area contributed by atoms with Gasteiger partial charge in [0.15, 0.2) is 0 Å². The second-order valence-corrected chi connectivity index (χ2v) is 5.16. The van der Waals surface area contributed by atoms with Gasteiger partial charge < -0.3 is 10.6 Å². The van der Waals surface area contributed by atoms with Crippen molar-refractivity contribution in [3.8, 4) is 0 Å². The summed E-state index contributed by atoms with van der Waals surface area (Å²) >= 11 is 0. The number of hydrogen-bond acceptors (Lipinski definition) is 4. The van der Waals surface area contributed by atoms with Crippen LogP contribution in [-0.2, 0) is 11.3 Å². The Kier molecular flexibility index (Phi) is 5.21. The summed E-state index contributed by atoms with van der Waals surface area (Å²) in [5.41, 5.74) is 0.121. The SMILES string of the molecule is O=C(CCCNCc1ccc([N+](=O)[O-])c(F)c1)NC1CC1. The molecule has 1 amide bonds. The zero-order valence-corrected chi connectivity index (χ0v) is 11.6. The van der Waals surface area contributed by atoms with E-state index in [0.717, 1.165) is 25.0 Å². The molecule has 2 N–H and O–H groups in total. The predicted molar refractivity (Wildman–Crippen MR) is 75.2 cm³/mol. The molecular formula is C14H18FN3O3. The van der Waals surface area contributed by atoms with Crippen LogP contribution in [0.4, 0.5) is 10.1 Å². The van der Waals surface area contributed by atoms with E-state index in [1.165, 1.54) is 6.07 Å². The minimum atomic E-state index is -0.830. The molecule has 1 aliphatic rings. The van der Waals surface area contributed by atoms with E-state index >= 15 is 0 Å². The van der Waals surface area contributed by atoms with Crippen LogP contribution in [0, 0.1) is 15.9 Å². The highest BCUT2D eigenvalue weighted by molar-refractivity contribution is 5.76. The standard InChI is InChI=1S/C14H18FN3O3/c15-12-8-10(3-6-13(12)18(20)21)9-16-7-1-2-14(19)17-11-4-5-11/h3,6,8,11,16H,1-2,4-5,7,9H2,(H,17,19). The predicted octanol–water partition coefficient (Wildman–Crippen LogP) is 1.88. The van der Waals surface area contributed by atoms with Gasteiger partial charge in [-0.1, -0.05) is 6.07 Å². The van der Waals surface area contributed by atoms with Crippen molar-refractivity contribution in [2.45, 2.75) is 38.3 Å². The molecule has 114 valence electrons. The van der Waals surface area contributed by atoms with Gasteiger partial charge in [0.25, 0.3) is 0 Å². The Morgan fingerprint density at radius 2 is 2.19 bits per heavy atom. The Bertz CT molecular complexity index is 532. The highest BCUT2D eigenvalue weighted by Gasteiger charge is 2.22. The number of carbonyl (C=O) groups excluding carboxylic acids is 1. The van der Waals surface area contributed by atoms with E-state index in [0.29, 0.717) is 37.5 Å². The zero-order chi connectivity index (χ0) is 15.2. The van der Waals surface area contributed by atoms with Gasteiger partial charge in [0.05, 0.1) is 4.92 Å². The van der Waals surface area contributed by atoms with Crippen LogP contribution in [0.25, 0.3) is 0 Å². The average Bonchev–Trinajstić information content (AvgIpc) is 3.22. The molecule has 1 aromatic rings. The van der Waals surface area contributed by atoms with Gasteiger partial charge in [-0.15, -0.1) is 0 Å². The van der Waals surface area contributed by atoms with Gasteiger partial charge in [0, 0.05) is 25.1 Å². The van der Waals surface area contributed by atoms with Crippen LogP contribution >= 0.6 is 0 Å². The summed E-state index contributed by atoms with van der Waals surface area (Å²) in [4.78, 5) is 21.2. The summed E-state index contributed by atoms with van der Waals surface area (Å²) in [6, 6.07) is 4.22. The zero-order valence-electron chi connectivity index (χ0n) is 11.6. The maximum absolute atomic E-state index is 13.4. The van der Waals surface area contributed by atoms with E-state index in [4.69, 9.17) is 0 Å². The Hall–Kier alpha value is -2.02. The summed E-state index contributed by atoms with van der Waals surface area (Å²) in [5.74, 6) is -0.760. The van der Waals surface area contributed by atoms with Crippen molar-refractivity contribution >= 4 is 11.6 Å². The monoisotopic (exact) mass is 295 g/mol. The lowest BCUT2D eigenvalue weighted by atomic mass is 10.2. The molecule has 0 unspecified atom stereocenters. The van der Waals surface area contributed by atoms with Crippen molar-refractivity contribution in [1.82, 2.24) is 10.6 Å². The number of benzene rings is 1. The van der Waals surface area contributed by atoms with Crippen molar-refractivity contribution in [1.29, 1.82) is 0 Å². The fourth-order valence-corrected chi connectivity index (χ4v) is 1.94. The minimum absolute atomic E-state index is 0.0701. The van der Waals surface area contributed by atoms with Crippen molar-refractivity contribution in [2.75, 3.05) is 6.54 Å². The molecule has 0 heterocycles. The molecule has 7 heteroatoms. The Labute approximate surface area is 121 Å². The van der Waals surface area contributed by atoms with Crippen molar-refractivity contribution in [3.63, 3.8) is 0 Å². The molecule has 0 saturated heterocycles. The van der Waals surface area contributed by atoms with Gasteiger partial charge in [-0.05, 0) is 37.4 Å². The highest BCUT2D eigenvalue weighted by Crippen LogP contribution is 2.19. The molecular weight excluding hydrogens is 277 g/mol. The summed E-state index contributed by atoms with van der Waals surface area (Å²) in [6.07, 6.45) is 3.33. The third-order valence-corrected chi connectivity index (χ3v) is 3.24. The largest absolute Gasteiger partial charge is 0.353 e. The molecule has 0 spiro atoms. The number of nitrogens with zero attached hydrogens (tertiary/aromatic N) is 1. The Morgan fingerprint density at radius 1 is 1.43 bits per heavy atom. The fraction of sp³-hybridized carbons (Fsp3) is 0.500. The smallest absolute Gasteiger partial charge is 0.304 e. The van der Waals surface area contributed by atoms with Crippen LogP contribution in [0.1, 0.15) is 31.2 Å². The summed E-state index contributed by atoms with van der Waals surface area (Å²) in [6.45, 7) is 1.05. The maximum Gasteiger partial charge on any atom is 0.304 e. The third-order valence-electron chi connectivity index (χ3n) is 3.24. The van der Waals surface area contributed by atoms with Crippen LogP contribution in [0.2, 0.25) is 0 Å². The lowest BCUT2D eigenvalue weighted by molar-refractivity contribution is -0.387. The number of hydrogen-bond donors (Lipinski definition) is 2. The quantitative estimate of drug-likeness (QED) is 0.436. The summed E-state index contributed by atoms with van der Waals surface area (Å²) in [7, 11) is 0. The molecule has 0 radical (unpaired) electrons. The molecule has 6 nitrogen and oxygen atoms in total. The number of nitro groups is 1. The fourth-order valence-electron chi connectivity index (χ4n) is 1.94. The van der Waals surface area contributed by atoms with Crippen molar-refractivity contribution in [2.24, 2.45) is 0 Å². The molecule has 1 aliphatic carbocycles. The van der Waals surface area contributed by atoms with E-state index in [1.54, 1.807) is 0 Å². The molecule has 1 fully saturated rings. The Morgan fingerprint density at radius 3 is 2.81 bits per heavy atom. The van der Waals surface area contributed by atoms with Gasteiger partial charge in [-0.3, -0.25) is 14.9 Å². The molecule has 1 aromatic carbocycles. The molecule has 0 aromatic heterocycles. The third kappa shape index (κ3) is 5.11. The highest BCUT2D eigenvalue weighted by atomic mass is 19.1. The van der Waals surface area contributed by atoms with E-state index in [9.17, 15) is 19.3 Å².